The molecule has 2 aromatic carbocycles. The van der Waals surface area contributed by atoms with E-state index in [1.165, 1.54) is 15.8 Å². The molecule has 1 aromatic heterocycles. The van der Waals surface area contributed by atoms with E-state index in [4.69, 9.17) is 12.3 Å². The number of aliphatic hydroxyl groups is 1. The van der Waals surface area contributed by atoms with Crippen LogP contribution in [-0.2, 0) is 24.8 Å². The fourth-order valence-electron chi connectivity index (χ4n) is 7.74. The minimum Gasteiger partial charge on any atom is -0.384 e. The number of aromatic nitrogens is 3. The molecule has 1 saturated heterocycles. The largest absolute Gasteiger partial charge is 0.384 e. The van der Waals surface area contributed by atoms with Crippen LogP contribution in [0.5, 0.6) is 0 Å². The van der Waals surface area contributed by atoms with Gasteiger partial charge < -0.3 is 31.7 Å². The molecule has 57 heavy (non-hydrogen) atoms. The van der Waals surface area contributed by atoms with Gasteiger partial charge in [-0.15, -0.1) is 5.10 Å². The Morgan fingerprint density at radius 2 is 1.72 bits per heavy atom. The molecular weight excluding hydrogens is 733 g/mol. The number of urea groups is 1. The molecule has 0 radical (unpaired) electrons. The zero-order valence-electron chi connectivity index (χ0n) is 32.4. The lowest BCUT2D eigenvalue weighted by atomic mass is 9.84. The van der Waals surface area contributed by atoms with Gasteiger partial charge in [0.1, 0.15) is 17.7 Å². The fraction of sp³-hybridized carbons (Fsp3) is 0.525. The Labute approximate surface area is 331 Å². The summed E-state index contributed by atoms with van der Waals surface area (Å²) in [6, 6.07) is 8.35. The van der Waals surface area contributed by atoms with Gasteiger partial charge in [0.25, 0.3) is 18.5 Å². The van der Waals surface area contributed by atoms with Crippen LogP contribution < -0.4 is 27.0 Å². The Morgan fingerprint density at radius 3 is 2.42 bits per heavy atom. The van der Waals surface area contributed by atoms with Crippen LogP contribution in [0.1, 0.15) is 100 Å². The molecule has 2 aliphatic rings. The zero-order valence-corrected chi connectivity index (χ0v) is 32.4. The third kappa shape index (κ3) is 11.1. The van der Waals surface area contributed by atoms with Crippen molar-refractivity contribution in [2.24, 2.45) is 11.7 Å². The van der Waals surface area contributed by atoms with E-state index < -0.39 is 65.2 Å². The highest BCUT2D eigenvalue weighted by Crippen LogP contribution is 2.33. The molecule has 1 aliphatic carbocycles. The van der Waals surface area contributed by atoms with Crippen molar-refractivity contribution in [1.82, 2.24) is 41.2 Å². The van der Waals surface area contributed by atoms with Gasteiger partial charge >= 0.3 is 6.03 Å². The lowest BCUT2D eigenvalue weighted by Gasteiger charge is -2.32. The lowest BCUT2D eigenvalue weighted by Crippen LogP contribution is -2.56. The standard InChI is InChI=1S/C40H52N10O7/c1-40(2,57)33-22-45-48-50(33)29-21-32(37(54)46-30(34(51)35(41)52)15-9-10-18-43-39(56)44-24-42-3)49(23-29)38(55)31(19-25-11-5-4-6-12-25)47-36(53)28-17-16-26-13-7-8-14-27(26)20-28/h7-8,13-14,16-17,20,22,25,29-32,57H,4-6,9-12,15,18-19,21,23-24H2,1-2H3,(H2,41,52)(H,46,54)(H,47,53)(H2,43,44,56)/t29-,30?,31+,32-/m0/s1. The first kappa shape index (κ1) is 42.3. The van der Waals surface area contributed by atoms with Crippen LogP contribution in [0.25, 0.3) is 15.6 Å². The summed E-state index contributed by atoms with van der Waals surface area (Å²) in [6.45, 7) is 9.92. The van der Waals surface area contributed by atoms with Crippen LogP contribution in [0.4, 0.5) is 4.79 Å². The molecule has 304 valence electrons. The normalized spacial score (nSPS) is 18.2. The predicted octanol–water partition coefficient (Wildman–Crippen LogP) is 2.46. The number of carbonyl (C=O) groups is 6. The second kappa shape index (κ2) is 19.3. The molecule has 17 heteroatoms. The second-order valence-corrected chi connectivity index (χ2v) is 15.4. The molecule has 2 heterocycles. The lowest BCUT2D eigenvalue weighted by molar-refractivity contribution is -0.142. The molecule has 0 bridgehead atoms. The number of ketones is 1. The Bertz CT molecular complexity index is 1980. The summed E-state index contributed by atoms with van der Waals surface area (Å²) in [7, 11) is 0. The summed E-state index contributed by atoms with van der Waals surface area (Å²) in [5.74, 6) is -3.71. The molecule has 4 atom stereocenters. The van der Waals surface area contributed by atoms with Crippen LogP contribution in [0.15, 0.2) is 48.7 Å². The SMILES string of the molecule is [C-]#[N+]CNC(=O)NCCCCC(NC(=O)[C@@H]1C[C@H](n2nncc2C(C)(C)O)CN1C(=O)[C@@H](CC1CCCCC1)NC(=O)c1ccc2ccccc2c1)C(=O)C(N)=O. The summed E-state index contributed by atoms with van der Waals surface area (Å²) in [4.78, 5) is 84.3. The van der Waals surface area contributed by atoms with Crippen molar-refractivity contribution in [3.05, 3.63) is 71.3 Å². The molecule has 1 aliphatic heterocycles. The van der Waals surface area contributed by atoms with E-state index in [1.807, 2.05) is 30.3 Å². The number of likely N-dealkylation sites (tertiary alicyclic amines) is 1. The van der Waals surface area contributed by atoms with E-state index >= 15 is 0 Å². The van der Waals surface area contributed by atoms with E-state index in [1.54, 1.807) is 26.0 Å². The van der Waals surface area contributed by atoms with E-state index in [0.29, 0.717) is 30.5 Å². The smallest absolute Gasteiger partial charge is 0.320 e. The maximum absolute atomic E-state index is 14.8. The van der Waals surface area contributed by atoms with E-state index in [2.05, 4.69) is 36.4 Å². The first-order chi connectivity index (χ1) is 27.3. The molecule has 5 rings (SSSR count). The highest BCUT2D eigenvalue weighted by molar-refractivity contribution is 6.37. The summed E-state index contributed by atoms with van der Waals surface area (Å²) >= 11 is 0. The maximum atomic E-state index is 14.8. The first-order valence-electron chi connectivity index (χ1n) is 19.5. The average molecular weight is 785 g/mol. The minimum atomic E-state index is -1.36. The van der Waals surface area contributed by atoms with Gasteiger partial charge in [0.2, 0.25) is 17.6 Å². The number of rotatable bonds is 17. The highest BCUT2D eigenvalue weighted by Gasteiger charge is 2.45. The molecule has 3 aromatic rings. The molecule has 6 amide bonds. The monoisotopic (exact) mass is 784 g/mol. The van der Waals surface area contributed by atoms with Crippen molar-refractivity contribution in [3.63, 3.8) is 0 Å². The van der Waals surface area contributed by atoms with Gasteiger partial charge in [0.05, 0.1) is 24.0 Å². The number of unbranched alkanes of at least 4 members (excludes halogenated alkanes) is 1. The number of amides is 6. The van der Waals surface area contributed by atoms with E-state index in [-0.39, 0.29) is 38.5 Å². The van der Waals surface area contributed by atoms with Crippen molar-refractivity contribution in [2.75, 3.05) is 19.8 Å². The molecular formula is C40H52N10O7. The quantitative estimate of drug-likeness (QED) is 0.0669. The average Bonchev–Trinajstić information content (AvgIpc) is 3.88. The third-order valence-corrected chi connectivity index (χ3v) is 10.7. The molecule has 0 spiro atoms. The minimum absolute atomic E-state index is 0.0149. The van der Waals surface area contributed by atoms with E-state index in [0.717, 1.165) is 42.9 Å². The number of hydrogen-bond acceptors (Lipinski definition) is 9. The number of primary amides is 1. The number of nitrogens with one attached hydrogen (secondary N) is 4. The Kier molecular flexibility index (Phi) is 14.3. The summed E-state index contributed by atoms with van der Waals surface area (Å²) in [5.41, 5.74) is 4.77. The summed E-state index contributed by atoms with van der Waals surface area (Å²) < 4.78 is 1.49. The second-order valence-electron chi connectivity index (χ2n) is 15.4. The van der Waals surface area contributed by atoms with Crippen LogP contribution in [0.3, 0.4) is 0 Å². The third-order valence-electron chi connectivity index (χ3n) is 10.7. The molecule has 1 saturated carbocycles. The van der Waals surface area contributed by atoms with Crippen LogP contribution in [0.2, 0.25) is 0 Å². The van der Waals surface area contributed by atoms with Crippen molar-refractivity contribution < 1.29 is 33.9 Å². The summed E-state index contributed by atoms with van der Waals surface area (Å²) in [6.07, 6.45) is 7.41. The molecule has 2 fully saturated rings. The number of carbonyl (C=O) groups excluding carboxylic acids is 6. The number of Topliss-reactive ketones (excluding diaryl/α,β-unsaturated/α-hetero) is 1. The molecule has 17 nitrogen and oxygen atoms in total. The maximum Gasteiger partial charge on any atom is 0.320 e. The summed E-state index contributed by atoms with van der Waals surface area (Å²) in [5, 5.41) is 31.6. The van der Waals surface area contributed by atoms with Crippen molar-refractivity contribution in [1.29, 1.82) is 0 Å². The van der Waals surface area contributed by atoms with Gasteiger partial charge in [-0.3, -0.25) is 34.1 Å². The number of nitrogens with two attached hydrogens (primary N) is 1. The van der Waals surface area contributed by atoms with Crippen molar-refractivity contribution >= 4 is 46.2 Å². The highest BCUT2D eigenvalue weighted by atomic mass is 16.3. The number of benzene rings is 2. The zero-order chi connectivity index (χ0) is 41.1. The van der Waals surface area contributed by atoms with Crippen LogP contribution in [0, 0.1) is 12.5 Å². The first-order valence-corrected chi connectivity index (χ1v) is 19.5. The fourth-order valence-corrected chi connectivity index (χ4v) is 7.74. The van der Waals surface area contributed by atoms with Gasteiger partial charge in [-0.2, -0.15) is 0 Å². The van der Waals surface area contributed by atoms with Gasteiger partial charge in [-0.25, -0.2) is 16.0 Å². The Balaban J connectivity index is 1.40. The van der Waals surface area contributed by atoms with Crippen LogP contribution >= 0.6 is 0 Å². The van der Waals surface area contributed by atoms with Gasteiger partial charge in [-0.1, -0.05) is 67.6 Å². The Morgan fingerprint density at radius 1 is 0.982 bits per heavy atom. The Hall–Kier alpha value is -5.89. The van der Waals surface area contributed by atoms with Crippen molar-refractivity contribution in [3.8, 4) is 0 Å². The van der Waals surface area contributed by atoms with Gasteiger partial charge in [0, 0.05) is 25.1 Å². The number of hydrogen-bond donors (Lipinski definition) is 6. The molecule has 1 unspecified atom stereocenters. The van der Waals surface area contributed by atoms with Crippen LogP contribution in [-0.4, -0.2) is 98.3 Å². The van der Waals surface area contributed by atoms with Crippen molar-refractivity contribution in [2.45, 2.75) is 108 Å². The topological polar surface area (TPSA) is 235 Å². The number of fused-ring (bicyclic) bond motifs is 1. The molecule has 7 N–H and O–H groups in total. The predicted molar refractivity (Wildman–Crippen MR) is 209 cm³/mol. The number of nitrogens with zero attached hydrogens (tertiary/aromatic N) is 5. The van der Waals surface area contributed by atoms with E-state index in [9.17, 15) is 33.9 Å². The van der Waals surface area contributed by atoms with Gasteiger partial charge in [-0.05, 0) is 68.4 Å². The van der Waals surface area contributed by atoms with Gasteiger partial charge in [0.15, 0.2) is 0 Å².